The summed E-state index contributed by atoms with van der Waals surface area (Å²) in [6, 6.07) is 49.7. The minimum absolute atomic E-state index is 0.0197. The van der Waals surface area contributed by atoms with Gasteiger partial charge in [-0.15, -0.1) is 0 Å². The molecule has 2 aliphatic rings. The van der Waals surface area contributed by atoms with Crippen LogP contribution in [0.4, 0.5) is 0 Å². The number of benzene rings is 7. The quantitative estimate of drug-likeness (QED) is 0.0348. The van der Waals surface area contributed by atoms with E-state index in [1.54, 1.807) is 22.3 Å². The zero-order valence-electron chi connectivity index (χ0n) is 52.3. The van der Waals surface area contributed by atoms with Crippen LogP contribution in [-0.4, -0.2) is 0 Å². The van der Waals surface area contributed by atoms with Crippen LogP contribution in [0.25, 0.3) is 71.6 Å². The summed E-state index contributed by atoms with van der Waals surface area (Å²) in [7, 11) is 0. The van der Waals surface area contributed by atoms with Gasteiger partial charge in [-0.2, -0.15) is 0 Å². The van der Waals surface area contributed by atoms with Crippen LogP contribution >= 0.6 is 0 Å². The lowest BCUT2D eigenvalue weighted by atomic mass is 9.69. The van der Waals surface area contributed by atoms with Crippen molar-refractivity contribution in [3.63, 3.8) is 0 Å². The van der Waals surface area contributed by atoms with Crippen LogP contribution in [0, 0.1) is 6.92 Å². The second-order valence-electron chi connectivity index (χ2n) is 25.7. The molecule has 9 rings (SSSR count). The SMILES string of the molecule is CC=C(CCCCC)c1ccc2c(c1)C(CCCCCCCC)(CCCCCCCC)c1cc(-c3ccc(-c4cc5c(c6ccccc46)-c4ccc(C)cc4C5(CCCCCCCC)CCCCCCCC)cc3)c3ccccc3c1-2. The Bertz CT molecular complexity index is 3100. The van der Waals surface area contributed by atoms with Gasteiger partial charge in [-0.25, -0.2) is 0 Å². The van der Waals surface area contributed by atoms with E-state index in [2.05, 4.69) is 176 Å². The maximum absolute atomic E-state index is 2.74. The molecule has 0 atom stereocenters. The summed E-state index contributed by atoms with van der Waals surface area (Å²) in [4.78, 5) is 0. The van der Waals surface area contributed by atoms with Crippen molar-refractivity contribution in [2.24, 2.45) is 0 Å². The Balaban J connectivity index is 1.16. The molecule has 81 heavy (non-hydrogen) atoms. The molecule has 0 radical (unpaired) electrons. The molecule has 2 aliphatic carbocycles. The van der Waals surface area contributed by atoms with Crippen LogP contribution in [0.5, 0.6) is 0 Å². The van der Waals surface area contributed by atoms with Crippen molar-refractivity contribution in [3.05, 3.63) is 161 Å². The molecule has 0 bridgehead atoms. The highest BCUT2D eigenvalue weighted by Crippen LogP contribution is 2.60. The largest absolute Gasteiger partial charge is 0.0838 e. The number of rotatable bonds is 35. The first-order valence-corrected chi connectivity index (χ1v) is 34.0. The number of aryl methyl sites for hydroxylation is 1. The summed E-state index contributed by atoms with van der Waals surface area (Å²) >= 11 is 0. The van der Waals surface area contributed by atoms with Gasteiger partial charge in [0.1, 0.15) is 0 Å². The zero-order valence-corrected chi connectivity index (χ0v) is 52.3. The molecule has 0 saturated heterocycles. The van der Waals surface area contributed by atoms with Crippen molar-refractivity contribution >= 4 is 27.1 Å². The average Bonchev–Trinajstić information content (AvgIpc) is 2.31. The fourth-order valence-corrected chi connectivity index (χ4v) is 15.5. The summed E-state index contributed by atoms with van der Waals surface area (Å²) in [5, 5.41) is 5.62. The van der Waals surface area contributed by atoms with Gasteiger partial charge in [-0.05, 0) is 170 Å². The molecule has 7 aromatic rings. The Kier molecular flexibility index (Phi) is 22.3. The van der Waals surface area contributed by atoms with E-state index in [1.807, 2.05) is 0 Å². The van der Waals surface area contributed by atoms with Crippen molar-refractivity contribution in [2.45, 2.75) is 265 Å². The van der Waals surface area contributed by atoms with Gasteiger partial charge in [0.15, 0.2) is 0 Å². The first-order valence-electron chi connectivity index (χ1n) is 34.0. The molecular formula is C81H106. The van der Waals surface area contributed by atoms with E-state index in [4.69, 9.17) is 0 Å². The molecule has 0 spiro atoms. The second kappa shape index (κ2) is 29.9. The number of unbranched alkanes of at least 4 members (excludes halogenated alkanes) is 22. The minimum atomic E-state index is -0.0197. The number of fused-ring (bicyclic) bond motifs is 10. The van der Waals surface area contributed by atoms with Crippen LogP contribution < -0.4 is 0 Å². The molecule has 0 nitrogen and oxygen atoms in total. The number of hydrogen-bond donors (Lipinski definition) is 0. The molecule has 7 aromatic carbocycles. The maximum atomic E-state index is 2.74. The van der Waals surface area contributed by atoms with Gasteiger partial charge in [0.2, 0.25) is 0 Å². The molecule has 0 unspecified atom stereocenters. The molecule has 0 heterocycles. The van der Waals surface area contributed by atoms with E-state index in [-0.39, 0.29) is 10.8 Å². The highest BCUT2D eigenvalue weighted by Gasteiger charge is 2.45. The lowest BCUT2D eigenvalue weighted by molar-refractivity contribution is 0.398. The van der Waals surface area contributed by atoms with E-state index >= 15 is 0 Å². The third kappa shape index (κ3) is 13.4. The van der Waals surface area contributed by atoms with E-state index in [0.29, 0.717) is 0 Å². The molecule has 0 N–H and O–H groups in total. The molecule has 0 saturated carbocycles. The van der Waals surface area contributed by atoms with Crippen molar-refractivity contribution in [2.75, 3.05) is 0 Å². The van der Waals surface area contributed by atoms with Gasteiger partial charge in [-0.3, -0.25) is 0 Å². The van der Waals surface area contributed by atoms with E-state index < -0.39 is 0 Å². The normalized spacial score (nSPS) is 14.0. The highest BCUT2D eigenvalue weighted by atomic mass is 14.5. The maximum Gasteiger partial charge on any atom is 0.0215 e. The Morgan fingerprint density at radius 3 is 1.10 bits per heavy atom. The number of hydrogen-bond acceptors (Lipinski definition) is 0. The third-order valence-electron chi connectivity index (χ3n) is 20.0. The zero-order chi connectivity index (χ0) is 56.4. The van der Waals surface area contributed by atoms with Crippen molar-refractivity contribution < 1.29 is 0 Å². The van der Waals surface area contributed by atoms with Gasteiger partial charge < -0.3 is 0 Å². The van der Waals surface area contributed by atoms with Gasteiger partial charge in [0.05, 0.1) is 0 Å². The molecule has 0 amide bonds. The summed E-state index contributed by atoms with van der Waals surface area (Å²) < 4.78 is 0. The van der Waals surface area contributed by atoms with Crippen LogP contribution in [0.15, 0.2) is 127 Å². The second-order valence-corrected chi connectivity index (χ2v) is 25.7. The predicted octanol–water partition coefficient (Wildman–Crippen LogP) is 26.2. The smallest absolute Gasteiger partial charge is 0.0215 e. The first kappa shape index (κ1) is 60.4. The Hall–Kier alpha value is -5.20. The van der Waals surface area contributed by atoms with Crippen LogP contribution in [0.2, 0.25) is 0 Å². The van der Waals surface area contributed by atoms with Crippen LogP contribution in [0.1, 0.15) is 280 Å². The Morgan fingerprint density at radius 1 is 0.333 bits per heavy atom. The Morgan fingerprint density at radius 2 is 0.691 bits per heavy atom. The summed E-state index contributed by atoms with van der Waals surface area (Å²) in [5.41, 5.74) is 22.3. The molecule has 0 aromatic heterocycles. The topological polar surface area (TPSA) is 0 Å². The first-order chi connectivity index (χ1) is 39.9. The third-order valence-corrected chi connectivity index (χ3v) is 20.0. The van der Waals surface area contributed by atoms with E-state index in [0.717, 1.165) is 6.42 Å². The van der Waals surface area contributed by atoms with Crippen molar-refractivity contribution in [1.29, 1.82) is 0 Å². The van der Waals surface area contributed by atoms with Crippen molar-refractivity contribution in [3.8, 4) is 44.5 Å². The minimum Gasteiger partial charge on any atom is -0.0838 e. The van der Waals surface area contributed by atoms with Gasteiger partial charge in [-0.1, -0.05) is 316 Å². The Labute approximate surface area is 494 Å². The average molecular weight is 1080 g/mol. The van der Waals surface area contributed by atoms with Crippen LogP contribution in [-0.2, 0) is 10.8 Å². The number of allylic oxidation sites excluding steroid dienone is 2. The van der Waals surface area contributed by atoms with E-state index in [1.165, 1.54) is 282 Å². The van der Waals surface area contributed by atoms with E-state index in [9.17, 15) is 0 Å². The monoisotopic (exact) mass is 1080 g/mol. The molecule has 430 valence electrons. The standard InChI is InChI=1S/C81H106/c1-8-14-19-23-27-36-53-80(54-37-28-24-20-15-9-2)74-57-61(7)45-51-70(74)78-68-43-34-32-41-66(68)72(59-76(78)80)63-46-48-64(49-47-63)73-60-77-79(69-44-35-33-42-67(69)73)71-52-50-65(62(13-6)40-31-18-12-5)58-75(71)81(77,55-38-29-25-21-16-10-3)56-39-30-26-22-17-11-4/h13,32-35,41-52,57-60H,8-12,14-31,36-40,53-56H2,1-7H3. The van der Waals surface area contributed by atoms with Crippen LogP contribution in [0.3, 0.4) is 0 Å². The molecular weight excluding hydrogens is 973 g/mol. The fraction of sp³-hybridized carbons (Fsp3) is 0.506. The summed E-state index contributed by atoms with van der Waals surface area (Å²) in [5.74, 6) is 0. The lowest BCUT2D eigenvalue weighted by Crippen LogP contribution is -2.26. The van der Waals surface area contributed by atoms with Gasteiger partial charge >= 0.3 is 0 Å². The van der Waals surface area contributed by atoms with Crippen molar-refractivity contribution in [1.82, 2.24) is 0 Å². The molecule has 0 heteroatoms. The summed E-state index contributed by atoms with van der Waals surface area (Å²) in [6.07, 6.45) is 44.2. The molecule has 0 aliphatic heterocycles. The highest BCUT2D eigenvalue weighted by molar-refractivity contribution is 6.11. The lowest BCUT2D eigenvalue weighted by Gasteiger charge is -2.34. The van der Waals surface area contributed by atoms with Gasteiger partial charge in [0, 0.05) is 10.8 Å². The van der Waals surface area contributed by atoms with Gasteiger partial charge in [0.25, 0.3) is 0 Å². The fourth-order valence-electron chi connectivity index (χ4n) is 15.5. The predicted molar refractivity (Wildman–Crippen MR) is 359 cm³/mol. The molecule has 0 fully saturated rings. The summed E-state index contributed by atoms with van der Waals surface area (Å²) in [6.45, 7) is 16.3.